The molecule has 1 amide bonds. The van der Waals surface area contributed by atoms with Gasteiger partial charge in [-0.05, 0) is 30.3 Å². The molecule has 0 aliphatic heterocycles. The van der Waals surface area contributed by atoms with Gasteiger partial charge in [-0.25, -0.2) is 0 Å². The van der Waals surface area contributed by atoms with Crippen molar-refractivity contribution in [3.8, 4) is 11.5 Å². The Morgan fingerprint density at radius 1 is 1.15 bits per heavy atom. The molecule has 3 rings (SSSR count). The molecular weight excluding hydrogens is 397 g/mol. The third-order valence-corrected chi connectivity index (χ3v) is 4.63. The predicted octanol–water partition coefficient (Wildman–Crippen LogP) is 4.68. The molecule has 0 unspecified atom stereocenters. The van der Waals surface area contributed by atoms with Crippen LogP contribution in [0.25, 0.3) is 0 Å². The van der Waals surface area contributed by atoms with Crippen LogP contribution >= 0.6 is 34.5 Å². The van der Waals surface area contributed by atoms with E-state index in [1.807, 2.05) is 0 Å². The molecule has 134 valence electrons. The summed E-state index contributed by atoms with van der Waals surface area (Å²) in [6.07, 6.45) is 0. The Hall–Kier alpha value is -2.35. The Bertz CT molecular complexity index is 933. The third kappa shape index (κ3) is 4.43. The molecule has 0 bridgehead atoms. The van der Waals surface area contributed by atoms with E-state index in [0.717, 1.165) is 0 Å². The molecule has 3 aromatic rings. The van der Waals surface area contributed by atoms with Gasteiger partial charge in [0, 0.05) is 5.02 Å². The summed E-state index contributed by atoms with van der Waals surface area (Å²) in [5.41, 5.74) is 0.413. The van der Waals surface area contributed by atoms with Crippen molar-refractivity contribution < 1.29 is 14.3 Å². The maximum Gasteiger partial charge on any atom is 0.261 e. The zero-order valence-corrected chi connectivity index (χ0v) is 15.9. The molecule has 0 saturated heterocycles. The van der Waals surface area contributed by atoms with Crippen LogP contribution in [-0.4, -0.2) is 23.2 Å². The van der Waals surface area contributed by atoms with E-state index in [-0.39, 0.29) is 12.5 Å². The van der Waals surface area contributed by atoms with Crippen molar-refractivity contribution in [1.82, 2.24) is 10.2 Å². The minimum Gasteiger partial charge on any atom is -0.496 e. The second-order valence-electron chi connectivity index (χ2n) is 5.02. The zero-order valence-electron chi connectivity index (χ0n) is 13.5. The van der Waals surface area contributed by atoms with Gasteiger partial charge >= 0.3 is 0 Å². The highest BCUT2D eigenvalue weighted by atomic mass is 35.5. The van der Waals surface area contributed by atoms with Gasteiger partial charge in [0.05, 0.1) is 17.7 Å². The van der Waals surface area contributed by atoms with Crippen molar-refractivity contribution in [1.29, 1.82) is 0 Å². The van der Waals surface area contributed by atoms with Gasteiger partial charge in [0.15, 0.2) is 5.01 Å². The van der Waals surface area contributed by atoms with Gasteiger partial charge in [-0.3, -0.25) is 10.1 Å². The van der Waals surface area contributed by atoms with Crippen molar-refractivity contribution in [2.24, 2.45) is 0 Å². The average Bonchev–Trinajstić information content (AvgIpc) is 3.08. The smallest absolute Gasteiger partial charge is 0.261 e. The van der Waals surface area contributed by atoms with Gasteiger partial charge in [-0.2, -0.15) is 0 Å². The van der Waals surface area contributed by atoms with Gasteiger partial charge < -0.3 is 9.47 Å². The summed E-state index contributed by atoms with van der Waals surface area (Å²) in [7, 11) is 1.51. The van der Waals surface area contributed by atoms with Gasteiger partial charge in [0.1, 0.15) is 18.1 Å². The summed E-state index contributed by atoms with van der Waals surface area (Å²) in [4.78, 5) is 12.3. The lowest BCUT2D eigenvalue weighted by Gasteiger charge is -2.07. The number of nitrogens with zero attached hydrogens (tertiary/aromatic N) is 2. The third-order valence-electron chi connectivity index (χ3n) is 3.28. The Morgan fingerprint density at radius 2 is 1.96 bits per heavy atom. The maximum atomic E-state index is 12.3. The van der Waals surface area contributed by atoms with E-state index in [9.17, 15) is 4.79 Å². The molecule has 6 nitrogen and oxygen atoms in total. The summed E-state index contributed by atoms with van der Waals surface area (Å²) >= 11 is 13.1. The average molecular weight is 410 g/mol. The van der Waals surface area contributed by atoms with Gasteiger partial charge in [-0.1, -0.05) is 46.7 Å². The maximum absolute atomic E-state index is 12.3. The van der Waals surface area contributed by atoms with Crippen molar-refractivity contribution in [2.45, 2.75) is 6.61 Å². The number of para-hydroxylation sites is 1. The topological polar surface area (TPSA) is 73.3 Å². The van der Waals surface area contributed by atoms with Crippen LogP contribution in [-0.2, 0) is 6.61 Å². The quantitative estimate of drug-likeness (QED) is 0.639. The number of aromatic nitrogens is 2. The second kappa shape index (κ2) is 8.35. The van der Waals surface area contributed by atoms with Crippen molar-refractivity contribution in [3.63, 3.8) is 0 Å². The highest BCUT2D eigenvalue weighted by Gasteiger charge is 2.14. The number of halogens is 2. The van der Waals surface area contributed by atoms with Crippen LogP contribution in [0.5, 0.6) is 11.5 Å². The first-order valence-corrected chi connectivity index (χ1v) is 8.98. The highest BCUT2D eigenvalue weighted by molar-refractivity contribution is 7.15. The summed E-state index contributed by atoms with van der Waals surface area (Å²) in [5, 5.41) is 12.5. The van der Waals surface area contributed by atoms with Gasteiger partial charge in [0.25, 0.3) is 5.91 Å². The van der Waals surface area contributed by atoms with Crippen molar-refractivity contribution in [3.05, 3.63) is 63.1 Å². The van der Waals surface area contributed by atoms with E-state index < -0.39 is 0 Å². The molecule has 1 aromatic heterocycles. The van der Waals surface area contributed by atoms with Gasteiger partial charge in [-0.15, -0.1) is 10.2 Å². The molecule has 0 saturated carbocycles. The number of carbonyl (C=O) groups is 1. The fraction of sp³-hybridized carbons (Fsp3) is 0.118. The molecule has 0 aliphatic rings. The van der Waals surface area contributed by atoms with Crippen LogP contribution in [0, 0.1) is 0 Å². The SMILES string of the molecule is COc1ccccc1C(=O)Nc1nnc(COc2ccc(Cl)cc2Cl)s1. The molecule has 2 aromatic carbocycles. The van der Waals surface area contributed by atoms with Crippen LogP contribution in [0.1, 0.15) is 15.4 Å². The van der Waals surface area contributed by atoms with Crippen LogP contribution in [0.3, 0.4) is 0 Å². The second-order valence-corrected chi connectivity index (χ2v) is 6.92. The number of ether oxygens (including phenoxy) is 2. The number of anilines is 1. The summed E-state index contributed by atoms with van der Waals surface area (Å²) in [6.45, 7) is 0.170. The molecule has 0 atom stereocenters. The van der Waals surface area contributed by atoms with E-state index in [2.05, 4.69) is 15.5 Å². The molecule has 0 spiro atoms. The lowest BCUT2D eigenvalue weighted by molar-refractivity contribution is 0.102. The van der Waals surface area contributed by atoms with E-state index in [1.165, 1.54) is 18.4 Å². The number of rotatable bonds is 6. The number of hydrogen-bond donors (Lipinski definition) is 1. The van der Waals surface area contributed by atoms with E-state index in [0.29, 0.717) is 37.2 Å². The normalized spacial score (nSPS) is 10.4. The van der Waals surface area contributed by atoms with Crippen LogP contribution < -0.4 is 14.8 Å². The van der Waals surface area contributed by atoms with Crippen LogP contribution in [0.4, 0.5) is 5.13 Å². The fourth-order valence-corrected chi connectivity index (χ4v) is 3.20. The van der Waals surface area contributed by atoms with Crippen molar-refractivity contribution >= 4 is 45.6 Å². The number of carbonyl (C=O) groups excluding carboxylic acids is 1. The minimum atomic E-state index is -0.327. The van der Waals surface area contributed by atoms with Crippen molar-refractivity contribution in [2.75, 3.05) is 12.4 Å². The molecule has 26 heavy (non-hydrogen) atoms. The number of nitrogens with one attached hydrogen (secondary N) is 1. The Morgan fingerprint density at radius 3 is 2.73 bits per heavy atom. The molecule has 1 N–H and O–H groups in total. The molecule has 1 heterocycles. The lowest BCUT2D eigenvalue weighted by atomic mass is 10.2. The van der Waals surface area contributed by atoms with Gasteiger partial charge in [0.2, 0.25) is 5.13 Å². The number of benzene rings is 2. The van der Waals surface area contributed by atoms with E-state index in [1.54, 1.807) is 42.5 Å². The molecule has 0 fully saturated rings. The zero-order chi connectivity index (χ0) is 18.5. The fourth-order valence-electron chi connectivity index (χ4n) is 2.09. The summed E-state index contributed by atoms with van der Waals surface area (Å²) in [5.74, 6) is 0.646. The minimum absolute atomic E-state index is 0.170. The van der Waals surface area contributed by atoms with Crippen LogP contribution in [0.2, 0.25) is 10.0 Å². The summed E-state index contributed by atoms with van der Waals surface area (Å²) < 4.78 is 10.8. The number of methoxy groups -OCH3 is 1. The number of hydrogen-bond acceptors (Lipinski definition) is 6. The Kier molecular flexibility index (Phi) is 5.92. The molecule has 0 aliphatic carbocycles. The van der Waals surface area contributed by atoms with E-state index in [4.69, 9.17) is 32.7 Å². The largest absolute Gasteiger partial charge is 0.496 e. The number of amides is 1. The lowest BCUT2D eigenvalue weighted by Crippen LogP contribution is -2.12. The Labute approximate surface area is 163 Å². The first-order valence-electron chi connectivity index (χ1n) is 7.41. The van der Waals surface area contributed by atoms with E-state index >= 15 is 0 Å². The molecule has 9 heteroatoms. The monoisotopic (exact) mass is 409 g/mol. The summed E-state index contributed by atoms with van der Waals surface area (Å²) in [6, 6.07) is 11.9. The first kappa shape index (κ1) is 18.4. The standard InChI is InChI=1S/C17H13Cl2N3O3S/c1-24-13-5-3-2-4-11(13)16(23)20-17-22-21-15(26-17)9-25-14-7-6-10(18)8-12(14)19/h2-8H,9H2,1H3,(H,20,22,23). The Balaban J connectivity index is 1.63. The molecular formula is C17H13Cl2N3O3S. The first-order chi connectivity index (χ1) is 12.6. The predicted molar refractivity (Wildman–Crippen MR) is 102 cm³/mol. The highest BCUT2D eigenvalue weighted by Crippen LogP contribution is 2.29. The van der Waals surface area contributed by atoms with Crippen LogP contribution in [0.15, 0.2) is 42.5 Å². The molecule has 0 radical (unpaired) electrons.